The Labute approximate surface area is 167 Å². The molecule has 0 aliphatic carbocycles. The van der Waals surface area contributed by atoms with Gasteiger partial charge in [-0.15, -0.1) is 0 Å². The first kappa shape index (κ1) is 19.6. The standard InChI is InChI=1S/C21H18ClNO5/c1-25-17-5-3-14(4-6-17)9-16(12-23)21(24)28-13-15-10-18(22)20-19(11-15)26-7-2-8-27-20/h3-6,9-11H,2,7-8,13H2,1H3/b16-9+. The zero-order chi connectivity index (χ0) is 19.9. The van der Waals surface area contributed by atoms with Crippen LogP contribution in [0.25, 0.3) is 6.08 Å². The van der Waals surface area contributed by atoms with Crippen LogP contribution in [0.15, 0.2) is 42.0 Å². The maximum absolute atomic E-state index is 12.3. The lowest BCUT2D eigenvalue weighted by Gasteiger charge is -2.11. The van der Waals surface area contributed by atoms with Gasteiger partial charge in [-0.3, -0.25) is 0 Å². The average Bonchev–Trinajstić information content (AvgIpc) is 2.96. The van der Waals surface area contributed by atoms with Crippen molar-refractivity contribution in [3.63, 3.8) is 0 Å². The molecule has 0 bridgehead atoms. The minimum Gasteiger partial charge on any atom is -0.497 e. The number of hydrogen-bond acceptors (Lipinski definition) is 6. The van der Waals surface area contributed by atoms with E-state index in [4.69, 9.17) is 30.5 Å². The van der Waals surface area contributed by atoms with Crippen molar-refractivity contribution in [2.24, 2.45) is 0 Å². The van der Waals surface area contributed by atoms with Crippen LogP contribution < -0.4 is 14.2 Å². The minimum atomic E-state index is -0.721. The van der Waals surface area contributed by atoms with E-state index in [0.29, 0.717) is 46.6 Å². The van der Waals surface area contributed by atoms with E-state index in [1.165, 1.54) is 6.08 Å². The normalized spacial score (nSPS) is 13.2. The molecule has 0 saturated carbocycles. The molecule has 0 saturated heterocycles. The highest BCUT2D eigenvalue weighted by Crippen LogP contribution is 2.38. The third-order valence-corrected chi connectivity index (χ3v) is 4.28. The molecular formula is C21H18ClNO5. The van der Waals surface area contributed by atoms with Crippen molar-refractivity contribution in [3.05, 3.63) is 58.1 Å². The monoisotopic (exact) mass is 399 g/mol. The summed E-state index contributed by atoms with van der Waals surface area (Å²) in [6, 6.07) is 12.2. The molecule has 144 valence electrons. The summed E-state index contributed by atoms with van der Waals surface area (Å²) in [5.74, 6) is 0.975. The van der Waals surface area contributed by atoms with Crippen molar-refractivity contribution in [1.82, 2.24) is 0 Å². The number of nitrogens with zero attached hydrogens (tertiary/aromatic N) is 1. The highest BCUT2D eigenvalue weighted by molar-refractivity contribution is 6.32. The maximum atomic E-state index is 12.3. The first-order valence-electron chi connectivity index (χ1n) is 8.61. The Morgan fingerprint density at radius 2 is 2.00 bits per heavy atom. The molecule has 1 aliphatic rings. The number of carbonyl (C=O) groups excluding carboxylic acids is 1. The molecule has 7 heteroatoms. The highest BCUT2D eigenvalue weighted by atomic mass is 35.5. The highest BCUT2D eigenvalue weighted by Gasteiger charge is 2.17. The van der Waals surface area contributed by atoms with Crippen molar-refractivity contribution in [2.75, 3.05) is 20.3 Å². The van der Waals surface area contributed by atoms with Crippen molar-refractivity contribution >= 4 is 23.6 Å². The second kappa shape index (κ2) is 9.16. The van der Waals surface area contributed by atoms with Gasteiger partial charge in [-0.25, -0.2) is 4.79 Å². The molecule has 28 heavy (non-hydrogen) atoms. The smallest absolute Gasteiger partial charge is 0.349 e. The van der Waals surface area contributed by atoms with Crippen LogP contribution in [-0.2, 0) is 16.1 Å². The second-order valence-corrected chi connectivity index (χ2v) is 6.38. The fourth-order valence-corrected chi connectivity index (χ4v) is 2.89. The number of carbonyl (C=O) groups is 1. The van der Waals surface area contributed by atoms with E-state index in [2.05, 4.69) is 0 Å². The predicted molar refractivity (Wildman–Crippen MR) is 103 cm³/mol. The average molecular weight is 400 g/mol. The third-order valence-electron chi connectivity index (χ3n) is 4.00. The molecule has 0 unspecified atom stereocenters. The summed E-state index contributed by atoms with van der Waals surface area (Å²) in [6.45, 7) is 1.01. The van der Waals surface area contributed by atoms with Gasteiger partial charge in [-0.2, -0.15) is 5.26 Å². The van der Waals surface area contributed by atoms with Gasteiger partial charge in [0.25, 0.3) is 0 Å². The number of ether oxygens (including phenoxy) is 4. The number of esters is 1. The minimum absolute atomic E-state index is 0.0448. The van der Waals surface area contributed by atoms with Gasteiger partial charge in [-0.05, 0) is 41.5 Å². The zero-order valence-electron chi connectivity index (χ0n) is 15.2. The van der Waals surface area contributed by atoms with E-state index in [1.54, 1.807) is 43.5 Å². The van der Waals surface area contributed by atoms with Crippen LogP contribution in [0.1, 0.15) is 17.5 Å². The summed E-state index contributed by atoms with van der Waals surface area (Å²) in [5.41, 5.74) is 1.22. The Morgan fingerprint density at radius 1 is 1.25 bits per heavy atom. The molecular weight excluding hydrogens is 382 g/mol. The molecule has 0 atom stereocenters. The van der Waals surface area contributed by atoms with E-state index in [0.717, 1.165) is 6.42 Å². The molecule has 1 aliphatic heterocycles. The Morgan fingerprint density at radius 3 is 2.71 bits per heavy atom. The molecule has 0 aromatic heterocycles. The molecule has 3 rings (SSSR count). The zero-order valence-corrected chi connectivity index (χ0v) is 16.0. The molecule has 0 radical (unpaired) electrons. The summed E-state index contributed by atoms with van der Waals surface area (Å²) < 4.78 is 21.5. The van der Waals surface area contributed by atoms with Gasteiger partial charge in [0.05, 0.1) is 25.3 Å². The maximum Gasteiger partial charge on any atom is 0.349 e. The van der Waals surface area contributed by atoms with Gasteiger partial charge in [0, 0.05) is 6.42 Å². The first-order chi connectivity index (χ1) is 13.6. The molecule has 2 aromatic carbocycles. The summed E-state index contributed by atoms with van der Waals surface area (Å²) in [6.07, 6.45) is 2.22. The van der Waals surface area contributed by atoms with Gasteiger partial charge in [0.2, 0.25) is 0 Å². The van der Waals surface area contributed by atoms with Crippen molar-refractivity contribution in [3.8, 4) is 23.3 Å². The molecule has 0 amide bonds. The Bertz CT molecular complexity index is 931. The quantitative estimate of drug-likeness (QED) is 0.427. The van der Waals surface area contributed by atoms with E-state index >= 15 is 0 Å². The summed E-state index contributed by atoms with van der Waals surface area (Å²) >= 11 is 6.24. The largest absolute Gasteiger partial charge is 0.497 e. The Kier molecular flexibility index (Phi) is 6.41. The van der Waals surface area contributed by atoms with Gasteiger partial charge >= 0.3 is 5.97 Å². The van der Waals surface area contributed by atoms with Crippen LogP contribution in [0.3, 0.4) is 0 Å². The molecule has 2 aromatic rings. The Balaban J connectivity index is 1.70. The van der Waals surface area contributed by atoms with E-state index < -0.39 is 5.97 Å². The predicted octanol–water partition coefficient (Wildman–Crippen LogP) is 4.16. The van der Waals surface area contributed by atoms with Crippen LogP contribution in [-0.4, -0.2) is 26.3 Å². The molecule has 6 nitrogen and oxygen atoms in total. The molecule has 0 N–H and O–H groups in total. The number of methoxy groups -OCH3 is 1. The van der Waals surface area contributed by atoms with Gasteiger partial charge in [-0.1, -0.05) is 23.7 Å². The van der Waals surface area contributed by atoms with Gasteiger partial charge in [0.15, 0.2) is 11.5 Å². The van der Waals surface area contributed by atoms with E-state index in [1.807, 2.05) is 6.07 Å². The summed E-state index contributed by atoms with van der Waals surface area (Å²) in [7, 11) is 1.56. The number of benzene rings is 2. The molecule has 1 heterocycles. The first-order valence-corrected chi connectivity index (χ1v) is 8.99. The van der Waals surface area contributed by atoms with Crippen LogP contribution in [0.2, 0.25) is 5.02 Å². The van der Waals surface area contributed by atoms with Crippen LogP contribution in [0, 0.1) is 11.3 Å². The molecule has 0 spiro atoms. The SMILES string of the molecule is COc1ccc(/C=C(\C#N)C(=O)OCc2cc(Cl)c3c(c2)OCCCO3)cc1. The second-order valence-electron chi connectivity index (χ2n) is 5.97. The molecule has 0 fully saturated rings. The fraction of sp³-hybridized carbons (Fsp3) is 0.238. The fourth-order valence-electron chi connectivity index (χ4n) is 2.60. The summed E-state index contributed by atoms with van der Waals surface area (Å²) in [4.78, 5) is 12.3. The van der Waals surface area contributed by atoms with Crippen molar-refractivity contribution in [2.45, 2.75) is 13.0 Å². The third kappa shape index (κ3) is 4.76. The number of hydrogen-bond donors (Lipinski definition) is 0. The van der Waals surface area contributed by atoms with Crippen LogP contribution in [0.4, 0.5) is 0 Å². The van der Waals surface area contributed by atoms with Gasteiger partial charge < -0.3 is 18.9 Å². The van der Waals surface area contributed by atoms with E-state index in [9.17, 15) is 10.1 Å². The topological polar surface area (TPSA) is 77.8 Å². The number of nitriles is 1. The number of rotatable bonds is 5. The van der Waals surface area contributed by atoms with Crippen LogP contribution in [0.5, 0.6) is 17.2 Å². The van der Waals surface area contributed by atoms with Gasteiger partial charge in [0.1, 0.15) is 24.0 Å². The lowest BCUT2D eigenvalue weighted by atomic mass is 10.1. The van der Waals surface area contributed by atoms with E-state index in [-0.39, 0.29) is 12.2 Å². The van der Waals surface area contributed by atoms with Crippen molar-refractivity contribution in [1.29, 1.82) is 5.26 Å². The summed E-state index contributed by atoms with van der Waals surface area (Å²) in [5, 5.41) is 9.68. The number of halogens is 1. The number of fused-ring (bicyclic) bond motifs is 1. The lowest BCUT2D eigenvalue weighted by molar-refractivity contribution is -0.139. The van der Waals surface area contributed by atoms with Crippen molar-refractivity contribution < 1.29 is 23.7 Å². The lowest BCUT2D eigenvalue weighted by Crippen LogP contribution is -2.07. The van der Waals surface area contributed by atoms with Crippen LogP contribution >= 0.6 is 11.6 Å². The Hall–Kier alpha value is -3.17.